The fourth-order valence-electron chi connectivity index (χ4n) is 3.60. The zero-order chi connectivity index (χ0) is 17.4. The Morgan fingerprint density at radius 1 is 1.04 bits per heavy atom. The number of non-ortho nitro benzene ring substituents is 1. The van der Waals surface area contributed by atoms with E-state index in [1.54, 1.807) is 12.1 Å². The summed E-state index contributed by atoms with van der Waals surface area (Å²) < 4.78 is 1.86. The first-order valence-electron chi connectivity index (χ1n) is 8.32. The van der Waals surface area contributed by atoms with Gasteiger partial charge in [-0.2, -0.15) is 0 Å². The van der Waals surface area contributed by atoms with Crippen molar-refractivity contribution in [2.24, 2.45) is 0 Å². The first-order chi connectivity index (χ1) is 12.1. The fraction of sp³-hybridized carbons (Fsp3) is 0.278. The lowest BCUT2D eigenvalue weighted by Gasteiger charge is -2.34. The number of nitrogens with one attached hydrogen (secondary N) is 1. The minimum Gasteiger partial charge on any atom is -0.371 e. The van der Waals surface area contributed by atoms with Gasteiger partial charge in [0.05, 0.1) is 16.0 Å². The Labute approximate surface area is 143 Å². The number of aromatic amines is 1. The number of piperidine rings is 1. The van der Waals surface area contributed by atoms with Gasteiger partial charge >= 0.3 is 5.69 Å². The van der Waals surface area contributed by atoms with Gasteiger partial charge in [-0.15, -0.1) is 0 Å². The van der Waals surface area contributed by atoms with Crippen LogP contribution < -0.4 is 10.6 Å². The maximum Gasteiger partial charge on any atom is 0.326 e. The molecule has 2 heterocycles. The smallest absolute Gasteiger partial charge is 0.326 e. The maximum absolute atomic E-state index is 12.3. The van der Waals surface area contributed by atoms with E-state index in [9.17, 15) is 14.9 Å². The third-order valence-corrected chi connectivity index (χ3v) is 4.88. The SMILES string of the molecule is O=c1[nH]c2ccccc2n1C1CCN(c2ccc([N+](=O)[O-])cc2)CC1. The predicted octanol–water partition coefficient (Wildman–Crippen LogP) is 3.08. The molecule has 7 heteroatoms. The van der Waals surface area contributed by atoms with Crippen molar-refractivity contribution in [3.63, 3.8) is 0 Å². The molecule has 4 rings (SSSR count). The monoisotopic (exact) mass is 338 g/mol. The molecule has 3 aromatic rings. The third kappa shape index (κ3) is 2.77. The van der Waals surface area contributed by atoms with Crippen molar-refractivity contribution in [2.75, 3.05) is 18.0 Å². The highest BCUT2D eigenvalue weighted by atomic mass is 16.6. The Kier molecular flexibility index (Phi) is 3.76. The van der Waals surface area contributed by atoms with Gasteiger partial charge in [0.25, 0.3) is 5.69 Å². The quantitative estimate of drug-likeness (QED) is 0.587. The number of rotatable bonds is 3. The van der Waals surface area contributed by atoms with Crippen LogP contribution in [0.2, 0.25) is 0 Å². The predicted molar refractivity (Wildman–Crippen MR) is 96.1 cm³/mol. The number of benzene rings is 2. The molecular weight excluding hydrogens is 320 g/mol. The molecular formula is C18H18N4O3. The van der Waals surface area contributed by atoms with Crippen LogP contribution in [0.25, 0.3) is 11.0 Å². The van der Waals surface area contributed by atoms with Crippen LogP contribution in [0.15, 0.2) is 53.3 Å². The van der Waals surface area contributed by atoms with Gasteiger partial charge in [0.2, 0.25) is 0 Å². The highest BCUT2D eigenvalue weighted by Crippen LogP contribution is 2.28. The standard InChI is InChI=1S/C18H18N4O3/c23-18-19-16-3-1-2-4-17(16)21(18)14-9-11-20(12-10-14)13-5-7-15(8-6-13)22(24)25/h1-8,14H,9-12H2,(H,19,23). The lowest BCUT2D eigenvalue weighted by atomic mass is 10.0. The molecule has 7 nitrogen and oxygen atoms in total. The van der Waals surface area contributed by atoms with E-state index in [2.05, 4.69) is 9.88 Å². The summed E-state index contributed by atoms with van der Waals surface area (Å²) in [6.07, 6.45) is 1.72. The number of fused-ring (bicyclic) bond motifs is 1. The molecule has 1 aromatic heterocycles. The largest absolute Gasteiger partial charge is 0.371 e. The van der Waals surface area contributed by atoms with Crippen LogP contribution in [0.1, 0.15) is 18.9 Å². The zero-order valence-corrected chi connectivity index (χ0v) is 13.6. The van der Waals surface area contributed by atoms with Crippen LogP contribution in [0.4, 0.5) is 11.4 Å². The number of aromatic nitrogens is 2. The number of anilines is 1. The van der Waals surface area contributed by atoms with Crippen molar-refractivity contribution < 1.29 is 4.92 Å². The summed E-state index contributed by atoms with van der Waals surface area (Å²) in [5.74, 6) is 0. The van der Waals surface area contributed by atoms with E-state index in [0.29, 0.717) is 0 Å². The highest BCUT2D eigenvalue weighted by molar-refractivity contribution is 5.75. The fourth-order valence-corrected chi connectivity index (χ4v) is 3.60. The summed E-state index contributed by atoms with van der Waals surface area (Å²) in [6, 6.07) is 14.6. The molecule has 1 saturated heterocycles. The van der Waals surface area contributed by atoms with Crippen LogP contribution >= 0.6 is 0 Å². The van der Waals surface area contributed by atoms with Crippen molar-refractivity contribution in [3.05, 3.63) is 69.1 Å². The number of imidazole rings is 1. The number of para-hydroxylation sites is 2. The summed E-state index contributed by atoms with van der Waals surface area (Å²) in [5, 5.41) is 10.8. The Hall–Kier alpha value is -3.09. The van der Waals surface area contributed by atoms with Crippen molar-refractivity contribution in [1.29, 1.82) is 0 Å². The molecule has 0 atom stereocenters. The second kappa shape index (κ2) is 6.08. The number of hydrogen-bond donors (Lipinski definition) is 1. The first-order valence-corrected chi connectivity index (χ1v) is 8.32. The minimum absolute atomic E-state index is 0.0602. The van der Waals surface area contributed by atoms with Gasteiger partial charge in [0.1, 0.15) is 0 Å². The third-order valence-electron chi connectivity index (χ3n) is 4.88. The van der Waals surface area contributed by atoms with Crippen LogP contribution in [0, 0.1) is 10.1 Å². The van der Waals surface area contributed by atoms with Gasteiger partial charge in [-0.3, -0.25) is 14.7 Å². The average molecular weight is 338 g/mol. The van der Waals surface area contributed by atoms with Crippen molar-refractivity contribution in [1.82, 2.24) is 9.55 Å². The summed E-state index contributed by atoms with van der Waals surface area (Å²) in [7, 11) is 0. The van der Waals surface area contributed by atoms with E-state index in [1.807, 2.05) is 28.8 Å². The molecule has 25 heavy (non-hydrogen) atoms. The van der Waals surface area contributed by atoms with Crippen LogP contribution in [0.3, 0.4) is 0 Å². The second-order valence-electron chi connectivity index (χ2n) is 6.31. The van der Waals surface area contributed by atoms with Crippen LogP contribution in [-0.4, -0.2) is 27.6 Å². The highest BCUT2D eigenvalue weighted by Gasteiger charge is 2.23. The lowest BCUT2D eigenvalue weighted by molar-refractivity contribution is -0.384. The van der Waals surface area contributed by atoms with E-state index < -0.39 is 0 Å². The van der Waals surface area contributed by atoms with Gasteiger partial charge in [-0.25, -0.2) is 4.79 Å². The molecule has 0 radical (unpaired) electrons. The molecule has 128 valence electrons. The Morgan fingerprint density at radius 3 is 2.40 bits per heavy atom. The summed E-state index contributed by atoms with van der Waals surface area (Å²) >= 11 is 0. The van der Waals surface area contributed by atoms with Gasteiger partial charge in [-0.1, -0.05) is 12.1 Å². The Balaban J connectivity index is 1.52. The second-order valence-corrected chi connectivity index (χ2v) is 6.31. The molecule has 2 aromatic carbocycles. The molecule has 0 amide bonds. The first kappa shape index (κ1) is 15.4. The van der Waals surface area contributed by atoms with Crippen molar-refractivity contribution in [2.45, 2.75) is 18.9 Å². The number of hydrogen-bond acceptors (Lipinski definition) is 4. The van der Waals surface area contributed by atoms with Crippen molar-refractivity contribution >= 4 is 22.4 Å². The Bertz CT molecular complexity index is 966. The molecule has 1 aliphatic rings. The van der Waals surface area contributed by atoms with Crippen molar-refractivity contribution in [3.8, 4) is 0 Å². The molecule has 1 aliphatic heterocycles. The summed E-state index contributed by atoms with van der Waals surface area (Å²) in [6.45, 7) is 1.63. The van der Waals surface area contributed by atoms with E-state index in [1.165, 1.54) is 12.1 Å². The van der Waals surface area contributed by atoms with Gasteiger partial charge in [0.15, 0.2) is 0 Å². The van der Waals surface area contributed by atoms with E-state index in [-0.39, 0.29) is 22.3 Å². The minimum atomic E-state index is -0.389. The molecule has 0 saturated carbocycles. The molecule has 1 N–H and O–H groups in total. The summed E-state index contributed by atoms with van der Waals surface area (Å²) in [4.78, 5) is 27.8. The molecule has 0 aliphatic carbocycles. The van der Waals surface area contributed by atoms with Crippen LogP contribution in [-0.2, 0) is 0 Å². The van der Waals surface area contributed by atoms with Gasteiger partial charge in [-0.05, 0) is 37.1 Å². The number of nitrogens with zero attached hydrogens (tertiary/aromatic N) is 3. The molecule has 0 spiro atoms. The maximum atomic E-state index is 12.3. The number of nitro benzene ring substituents is 1. The van der Waals surface area contributed by atoms with Gasteiger partial charge < -0.3 is 9.88 Å². The summed E-state index contributed by atoms with van der Waals surface area (Å²) in [5.41, 5.74) is 2.83. The Morgan fingerprint density at radius 2 is 1.72 bits per heavy atom. The van der Waals surface area contributed by atoms with Crippen LogP contribution in [0.5, 0.6) is 0 Å². The lowest BCUT2D eigenvalue weighted by Crippen LogP contribution is -2.37. The molecule has 0 unspecified atom stereocenters. The van der Waals surface area contributed by atoms with E-state index in [0.717, 1.165) is 42.7 Å². The molecule has 1 fully saturated rings. The van der Waals surface area contributed by atoms with E-state index in [4.69, 9.17) is 0 Å². The zero-order valence-electron chi connectivity index (χ0n) is 13.6. The topological polar surface area (TPSA) is 84.2 Å². The van der Waals surface area contributed by atoms with E-state index >= 15 is 0 Å². The molecule has 0 bridgehead atoms. The number of H-pyrrole nitrogens is 1. The van der Waals surface area contributed by atoms with Gasteiger partial charge in [0, 0.05) is 37.0 Å². The normalized spacial score (nSPS) is 15.6. The average Bonchev–Trinajstić information content (AvgIpc) is 2.97. The number of nitro groups is 1.